The van der Waals surface area contributed by atoms with Gasteiger partial charge in [-0.3, -0.25) is 0 Å². The standard InChI is InChI=1S/C14H19NO/c1-12(13-6-3-2-4-7-13)10-15-11-14(16)8-5-9-14/h2-4,6-7,15-16H,1,5,8-11H2. The van der Waals surface area contributed by atoms with E-state index in [9.17, 15) is 5.11 Å². The van der Waals surface area contributed by atoms with Crippen LogP contribution in [0.5, 0.6) is 0 Å². The minimum Gasteiger partial charge on any atom is -0.389 e. The molecule has 0 unspecified atom stereocenters. The van der Waals surface area contributed by atoms with Crippen LogP contribution in [0.4, 0.5) is 0 Å². The van der Waals surface area contributed by atoms with Crippen LogP contribution in [0, 0.1) is 0 Å². The highest BCUT2D eigenvalue weighted by atomic mass is 16.3. The average Bonchev–Trinajstić information content (AvgIpc) is 2.28. The lowest BCUT2D eigenvalue weighted by Gasteiger charge is -2.36. The number of rotatable bonds is 5. The van der Waals surface area contributed by atoms with E-state index in [4.69, 9.17) is 0 Å². The van der Waals surface area contributed by atoms with Crippen molar-refractivity contribution in [2.45, 2.75) is 24.9 Å². The van der Waals surface area contributed by atoms with Gasteiger partial charge in [0.15, 0.2) is 0 Å². The molecule has 0 aliphatic heterocycles. The highest BCUT2D eigenvalue weighted by Crippen LogP contribution is 2.30. The van der Waals surface area contributed by atoms with Gasteiger partial charge in [0.25, 0.3) is 0 Å². The second-order valence-electron chi connectivity index (χ2n) is 4.65. The maximum Gasteiger partial charge on any atom is 0.0771 e. The van der Waals surface area contributed by atoms with Crippen molar-refractivity contribution in [1.29, 1.82) is 0 Å². The van der Waals surface area contributed by atoms with E-state index in [1.807, 2.05) is 18.2 Å². The summed E-state index contributed by atoms with van der Waals surface area (Å²) in [4.78, 5) is 0. The highest BCUT2D eigenvalue weighted by Gasteiger charge is 2.33. The molecule has 0 spiro atoms. The molecule has 1 saturated carbocycles. The minimum atomic E-state index is -0.447. The molecular weight excluding hydrogens is 198 g/mol. The third-order valence-electron chi connectivity index (χ3n) is 3.26. The quantitative estimate of drug-likeness (QED) is 0.792. The van der Waals surface area contributed by atoms with Gasteiger partial charge in [-0.15, -0.1) is 0 Å². The Bertz CT molecular complexity index is 354. The van der Waals surface area contributed by atoms with E-state index in [1.165, 1.54) is 0 Å². The van der Waals surface area contributed by atoms with Crippen LogP contribution < -0.4 is 5.32 Å². The van der Waals surface area contributed by atoms with Crippen LogP contribution in [-0.2, 0) is 0 Å². The van der Waals surface area contributed by atoms with Gasteiger partial charge in [0.05, 0.1) is 5.60 Å². The molecule has 0 heterocycles. The van der Waals surface area contributed by atoms with Crippen LogP contribution in [0.25, 0.3) is 5.57 Å². The lowest BCUT2D eigenvalue weighted by molar-refractivity contribution is -0.0304. The van der Waals surface area contributed by atoms with Crippen molar-refractivity contribution >= 4 is 5.57 Å². The van der Waals surface area contributed by atoms with E-state index in [1.54, 1.807) is 0 Å². The molecule has 0 atom stereocenters. The molecule has 1 aliphatic rings. The number of nitrogens with one attached hydrogen (secondary N) is 1. The van der Waals surface area contributed by atoms with Gasteiger partial charge in [-0.05, 0) is 30.4 Å². The van der Waals surface area contributed by atoms with Gasteiger partial charge < -0.3 is 10.4 Å². The summed E-state index contributed by atoms with van der Waals surface area (Å²) in [5.41, 5.74) is 1.79. The second kappa shape index (κ2) is 4.81. The first kappa shape index (κ1) is 11.4. The van der Waals surface area contributed by atoms with Crippen LogP contribution in [0.15, 0.2) is 36.9 Å². The molecule has 16 heavy (non-hydrogen) atoms. The van der Waals surface area contributed by atoms with Gasteiger partial charge in [-0.25, -0.2) is 0 Å². The molecule has 0 aromatic heterocycles. The normalized spacial score (nSPS) is 17.8. The third kappa shape index (κ3) is 2.71. The van der Waals surface area contributed by atoms with Crippen LogP contribution >= 0.6 is 0 Å². The topological polar surface area (TPSA) is 32.3 Å². The van der Waals surface area contributed by atoms with E-state index in [0.29, 0.717) is 6.54 Å². The summed E-state index contributed by atoms with van der Waals surface area (Å²) in [7, 11) is 0. The maximum atomic E-state index is 9.90. The van der Waals surface area contributed by atoms with Gasteiger partial charge in [0.1, 0.15) is 0 Å². The summed E-state index contributed by atoms with van der Waals surface area (Å²) < 4.78 is 0. The Balaban J connectivity index is 1.76. The van der Waals surface area contributed by atoms with Gasteiger partial charge >= 0.3 is 0 Å². The highest BCUT2D eigenvalue weighted by molar-refractivity contribution is 5.64. The Hall–Kier alpha value is -1.12. The molecule has 1 aliphatic carbocycles. The van der Waals surface area contributed by atoms with Crippen LogP contribution in [0.1, 0.15) is 24.8 Å². The Labute approximate surface area is 97.0 Å². The number of hydrogen-bond acceptors (Lipinski definition) is 2. The summed E-state index contributed by atoms with van der Waals surface area (Å²) in [5, 5.41) is 13.2. The SMILES string of the molecule is C=C(CNCC1(O)CCC1)c1ccccc1. The molecule has 0 bridgehead atoms. The molecule has 2 N–H and O–H groups in total. The monoisotopic (exact) mass is 217 g/mol. The molecule has 2 rings (SSSR count). The molecule has 86 valence electrons. The summed E-state index contributed by atoms with van der Waals surface area (Å²) in [6.45, 7) is 5.47. The zero-order chi connectivity index (χ0) is 11.4. The van der Waals surface area contributed by atoms with Gasteiger partial charge in [0, 0.05) is 13.1 Å². The molecule has 0 radical (unpaired) electrons. The Kier molecular flexibility index (Phi) is 3.42. The van der Waals surface area contributed by atoms with Crippen molar-refractivity contribution in [3.05, 3.63) is 42.5 Å². The summed E-state index contributed by atoms with van der Waals surface area (Å²) >= 11 is 0. The molecule has 1 aromatic carbocycles. The fourth-order valence-electron chi connectivity index (χ4n) is 1.98. The maximum absolute atomic E-state index is 9.90. The van der Waals surface area contributed by atoms with Gasteiger partial charge in [-0.1, -0.05) is 36.9 Å². The smallest absolute Gasteiger partial charge is 0.0771 e. The molecule has 1 aromatic rings. The second-order valence-corrected chi connectivity index (χ2v) is 4.65. The Morgan fingerprint density at radius 1 is 1.31 bits per heavy atom. The molecule has 2 nitrogen and oxygen atoms in total. The fraction of sp³-hybridized carbons (Fsp3) is 0.429. The molecule has 2 heteroatoms. The fourth-order valence-corrected chi connectivity index (χ4v) is 1.98. The molecule has 1 fully saturated rings. The lowest BCUT2D eigenvalue weighted by atomic mass is 9.80. The number of hydrogen-bond donors (Lipinski definition) is 2. The number of benzene rings is 1. The van der Waals surface area contributed by atoms with Crippen molar-refractivity contribution in [2.75, 3.05) is 13.1 Å². The zero-order valence-corrected chi connectivity index (χ0v) is 9.58. The zero-order valence-electron chi connectivity index (χ0n) is 9.58. The van der Waals surface area contributed by atoms with Crippen molar-refractivity contribution in [3.8, 4) is 0 Å². The summed E-state index contributed by atoms with van der Waals surface area (Å²) in [6, 6.07) is 10.1. The van der Waals surface area contributed by atoms with E-state index >= 15 is 0 Å². The van der Waals surface area contributed by atoms with Crippen molar-refractivity contribution in [3.63, 3.8) is 0 Å². The summed E-state index contributed by atoms with van der Waals surface area (Å²) in [5.74, 6) is 0. The lowest BCUT2D eigenvalue weighted by Crippen LogP contribution is -2.46. The van der Waals surface area contributed by atoms with E-state index < -0.39 is 5.60 Å². The predicted octanol–water partition coefficient (Wildman–Crippen LogP) is 2.20. The van der Waals surface area contributed by atoms with E-state index in [0.717, 1.165) is 36.9 Å². The van der Waals surface area contributed by atoms with Crippen molar-refractivity contribution in [1.82, 2.24) is 5.32 Å². The molecule has 0 saturated heterocycles. The number of aliphatic hydroxyl groups is 1. The first-order valence-electron chi connectivity index (χ1n) is 5.86. The van der Waals surface area contributed by atoms with E-state index in [-0.39, 0.29) is 0 Å². The molecular formula is C14H19NO. The van der Waals surface area contributed by atoms with Crippen LogP contribution in [0.2, 0.25) is 0 Å². The Morgan fingerprint density at radius 2 is 2.00 bits per heavy atom. The molecule has 0 amide bonds. The van der Waals surface area contributed by atoms with Crippen molar-refractivity contribution < 1.29 is 5.11 Å². The van der Waals surface area contributed by atoms with E-state index in [2.05, 4.69) is 24.0 Å². The minimum absolute atomic E-state index is 0.447. The van der Waals surface area contributed by atoms with Gasteiger partial charge in [-0.2, -0.15) is 0 Å². The first-order chi connectivity index (χ1) is 7.70. The predicted molar refractivity (Wildman–Crippen MR) is 67.1 cm³/mol. The largest absolute Gasteiger partial charge is 0.389 e. The first-order valence-corrected chi connectivity index (χ1v) is 5.86. The van der Waals surface area contributed by atoms with Crippen molar-refractivity contribution in [2.24, 2.45) is 0 Å². The summed E-state index contributed by atoms with van der Waals surface area (Å²) in [6.07, 6.45) is 3.01. The van der Waals surface area contributed by atoms with Crippen LogP contribution in [0.3, 0.4) is 0 Å². The van der Waals surface area contributed by atoms with Gasteiger partial charge in [0.2, 0.25) is 0 Å². The third-order valence-corrected chi connectivity index (χ3v) is 3.26. The Morgan fingerprint density at radius 3 is 2.56 bits per heavy atom. The van der Waals surface area contributed by atoms with Crippen LogP contribution in [-0.4, -0.2) is 23.8 Å². The average molecular weight is 217 g/mol.